The summed E-state index contributed by atoms with van der Waals surface area (Å²) in [7, 11) is 2.87. The number of nitrogens with two attached hydrogens (primary N) is 1. The van der Waals surface area contributed by atoms with Gasteiger partial charge < -0.3 is 9.47 Å². The molecule has 0 saturated carbocycles. The van der Waals surface area contributed by atoms with Gasteiger partial charge in [-0.3, -0.25) is 5.73 Å². The van der Waals surface area contributed by atoms with Gasteiger partial charge in [0.15, 0.2) is 0 Å². The van der Waals surface area contributed by atoms with Crippen LogP contribution in [0.2, 0.25) is 0 Å². The van der Waals surface area contributed by atoms with Crippen LogP contribution in [0.3, 0.4) is 0 Å². The summed E-state index contributed by atoms with van der Waals surface area (Å²) in [6.07, 6.45) is 0. The summed E-state index contributed by atoms with van der Waals surface area (Å²) >= 11 is 7.86. The van der Waals surface area contributed by atoms with E-state index in [4.69, 9.17) is 15.2 Å². The first kappa shape index (κ1) is 9.58. The molecule has 2 N–H and O–H groups in total. The average molecular weight is 169 g/mol. The van der Waals surface area contributed by atoms with E-state index in [-0.39, 0.29) is 0 Å². The highest BCUT2D eigenvalue weighted by atomic mass is 32.2. The summed E-state index contributed by atoms with van der Waals surface area (Å²) < 4.78 is 9.05. The number of rotatable bonds is 3. The first-order chi connectivity index (χ1) is 4.06. The standard InChI is InChI=1S/C4H11NO2S2/c1-6-4(5,7-2)3(8)9/h3,8-9H,5H2,1-2H3. The Morgan fingerprint density at radius 1 is 1.33 bits per heavy atom. The zero-order chi connectivity index (χ0) is 7.49. The second-order valence-corrected chi connectivity index (χ2v) is 2.94. The van der Waals surface area contributed by atoms with E-state index in [0.29, 0.717) is 0 Å². The Hall–Kier alpha value is 0.580. The normalized spacial score (nSPS) is 12.7. The lowest BCUT2D eigenvalue weighted by atomic mass is 10.6. The van der Waals surface area contributed by atoms with E-state index in [9.17, 15) is 0 Å². The molecule has 0 radical (unpaired) electrons. The summed E-state index contributed by atoms with van der Waals surface area (Å²) in [5.41, 5.74) is 5.44. The van der Waals surface area contributed by atoms with Crippen molar-refractivity contribution in [3.8, 4) is 0 Å². The van der Waals surface area contributed by atoms with Crippen LogP contribution >= 0.6 is 25.3 Å². The maximum absolute atomic E-state index is 5.44. The number of hydrogen-bond acceptors (Lipinski definition) is 5. The molecular formula is C4H11NO2S2. The topological polar surface area (TPSA) is 44.5 Å². The number of ether oxygens (including phenoxy) is 2. The Morgan fingerprint density at radius 2 is 1.67 bits per heavy atom. The molecule has 5 heteroatoms. The van der Waals surface area contributed by atoms with Gasteiger partial charge in [0.25, 0.3) is 0 Å². The predicted octanol–water partition coefficient (Wildman–Crippen LogP) is 0.0774. The van der Waals surface area contributed by atoms with Gasteiger partial charge in [0.1, 0.15) is 4.58 Å². The van der Waals surface area contributed by atoms with Gasteiger partial charge >= 0.3 is 0 Å². The molecule has 56 valence electrons. The van der Waals surface area contributed by atoms with Gasteiger partial charge in [-0.15, -0.1) is 0 Å². The van der Waals surface area contributed by atoms with Crippen molar-refractivity contribution in [2.24, 2.45) is 5.73 Å². The van der Waals surface area contributed by atoms with Crippen molar-refractivity contribution in [3.63, 3.8) is 0 Å². The lowest BCUT2D eigenvalue weighted by molar-refractivity contribution is -0.189. The molecule has 0 heterocycles. The second-order valence-electron chi connectivity index (χ2n) is 1.50. The van der Waals surface area contributed by atoms with Crippen molar-refractivity contribution in [1.29, 1.82) is 0 Å². The molecule has 0 aromatic carbocycles. The molecular weight excluding hydrogens is 158 g/mol. The van der Waals surface area contributed by atoms with E-state index in [2.05, 4.69) is 25.3 Å². The molecule has 0 unspecified atom stereocenters. The molecule has 0 rings (SSSR count). The van der Waals surface area contributed by atoms with Gasteiger partial charge in [0, 0.05) is 14.2 Å². The molecule has 0 spiro atoms. The van der Waals surface area contributed by atoms with Gasteiger partial charge in [0.05, 0.1) is 0 Å². The van der Waals surface area contributed by atoms with Crippen molar-refractivity contribution < 1.29 is 9.47 Å². The Morgan fingerprint density at radius 3 is 1.67 bits per heavy atom. The maximum Gasteiger partial charge on any atom is 0.245 e. The molecule has 0 bridgehead atoms. The molecule has 0 aromatic rings. The van der Waals surface area contributed by atoms with Crippen LogP contribution in [0.1, 0.15) is 0 Å². The minimum absolute atomic E-state index is 0.451. The van der Waals surface area contributed by atoms with Crippen LogP contribution in [0, 0.1) is 0 Å². The molecule has 9 heavy (non-hydrogen) atoms. The predicted molar refractivity (Wildman–Crippen MR) is 42.7 cm³/mol. The fourth-order valence-electron chi connectivity index (χ4n) is 0.294. The van der Waals surface area contributed by atoms with Gasteiger partial charge in [-0.1, -0.05) is 0 Å². The zero-order valence-corrected chi connectivity index (χ0v) is 7.15. The number of thiol groups is 2. The fourth-order valence-corrected chi connectivity index (χ4v) is 0.716. The second kappa shape index (κ2) is 3.68. The van der Waals surface area contributed by atoms with Crippen molar-refractivity contribution in [2.75, 3.05) is 14.2 Å². The van der Waals surface area contributed by atoms with E-state index in [0.717, 1.165) is 0 Å². The molecule has 0 fully saturated rings. The minimum Gasteiger partial charge on any atom is -0.339 e. The Labute approximate surface area is 65.7 Å². The van der Waals surface area contributed by atoms with Crippen molar-refractivity contribution in [1.82, 2.24) is 0 Å². The third kappa shape index (κ3) is 2.35. The molecule has 0 aliphatic rings. The van der Waals surface area contributed by atoms with Crippen LogP contribution in [0.5, 0.6) is 0 Å². The van der Waals surface area contributed by atoms with Crippen LogP contribution in [0.15, 0.2) is 0 Å². The zero-order valence-electron chi connectivity index (χ0n) is 5.37. The Bertz CT molecular complexity index is 84.6. The summed E-state index contributed by atoms with van der Waals surface area (Å²) in [4.78, 5) is 0. The van der Waals surface area contributed by atoms with Crippen LogP contribution in [-0.4, -0.2) is 24.7 Å². The first-order valence-corrected chi connectivity index (χ1v) is 3.35. The molecule has 0 aliphatic heterocycles. The highest BCUT2D eigenvalue weighted by Crippen LogP contribution is 2.17. The maximum atomic E-state index is 5.44. The minimum atomic E-state index is -1.19. The quantitative estimate of drug-likeness (QED) is 0.414. The van der Waals surface area contributed by atoms with Gasteiger partial charge in [-0.2, -0.15) is 25.3 Å². The third-order valence-electron chi connectivity index (χ3n) is 0.998. The molecule has 0 saturated heterocycles. The lowest BCUT2D eigenvalue weighted by Gasteiger charge is -2.27. The average Bonchev–Trinajstić information content (AvgIpc) is 1.86. The summed E-state index contributed by atoms with van der Waals surface area (Å²) in [5, 5.41) is 0. The lowest BCUT2D eigenvalue weighted by Crippen LogP contribution is -2.49. The Balaban J connectivity index is 3.92. The van der Waals surface area contributed by atoms with Crippen molar-refractivity contribution in [3.05, 3.63) is 0 Å². The van der Waals surface area contributed by atoms with E-state index in [1.54, 1.807) is 0 Å². The third-order valence-corrected chi connectivity index (χ3v) is 1.72. The first-order valence-electron chi connectivity index (χ1n) is 2.32. The molecule has 0 atom stereocenters. The van der Waals surface area contributed by atoms with Crippen LogP contribution in [-0.2, 0) is 9.47 Å². The van der Waals surface area contributed by atoms with E-state index in [1.165, 1.54) is 14.2 Å². The number of methoxy groups -OCH3 is 2. The number of hydrogen-bond donors (Lipinski definition) is 3. The van der Waals surface area contributed by atoms with E-state index < -0.39 is 10.5 Å². The summed E-state index contributed by atoms with van der Waals surface area (Å²) in [6, 6.07) is 0. The highest BCUT2D eigenvalue weighted by molar-refractivity contribution is 7.99. The SMILES string of the molecule is COC(N)(OC)C(S)S. The summed E-state index contributed by atoms with van der Waals surface area (Å²) in [6.45, 7) is 0. The van der Waals surface area contributed by atoms with E-state index in [1.807, 2.05) is 0 Å². The summed E-state index contributed by atoms with van der Waals surface area (Å²) in [5.74, 6) is -1.19. The molecule has 0 amide bonds. The smallest absolute Gasteiger partial charge is 0.245 e. The Kier molecular flexibility index (Phi) is 3.91. The van der Waals surface area contributed by atoms with Crippen LogP contribution in [0.4, 0.5) is 0 Å². The molecule has 0 aromatic heterocycles. The van der Waals surface area contributed by atoms with Gasteiger partial charge in [-0.25, -0.2) is 0 Å². The molecule has 0 aliphatic carbocycles. The van der Waals surface area contributed by atoms with Crippen molar-refractivity contribution in [2.45, 2.75) is 10.5 Å². The van der Waals surface area contributed by atoms with Crippen molar-refractivity contribution >= 4 is 25.3 Å². The van der Waals surface area contributed by atoms with Gasteiger partial charge in [0.2, 0.25) is 5.91 Å². The molecule has 3 nitrogen and oxygen atoms in total. The largest absolute Gasteiger partial charge is 0.339 e. The van der Waals surface area contributed by atoms with Crippen LogP contribution < -0.4 is 5.73 Å². The van der Waals surface area contributed by atoms with Crippen LogP contribution in [0.25, 0.3) is 0 Å². The van der Waals surface area contributed by atoms with E-state index >= 15 is 0 Å². The highest BCUT2D eigenvalue weighted by Gasteiger charge is 2.29. The van der Waals surface area contributed by atoms with Gasteiger partial charge in [-0.05, 0) is 0 Å². The monoisotopic (exact) mass is 169 g/mol. The fraction of sp³-hybridized carbons (Fsp3) is 1.00.